The molecule has 3 aromatic carbocycles. The highest BCUT2D eigenvalue weighted by atomic mass is 19.1. The molecule has 0 spiro atoms. The normalized spacial score (nSPS) is 10.6. The molecule has 1 heterocycles. The van der Waals surface area contributed by atoms with Crippen LogP contribution in [-0.2, 0) is 0 Å². The summed E-state index contributed by atoms with van der Waals surface area (Å²) in [6, 6.07) is 26.3. The van der Waals surface area contributed by atoms with E-state index in [-0.39, 0.29) is 5.82 Å². The molecule has 4 heteroatoms. The van der Waals surface area contributed by atoms with E-state index in [9.17, 15) is 4.39 Å². The van der Waals surface area contributed by atoms with Gasteiger partial charge in [0, 0.05) is 18.1 Å². The van der Waals surface area contributed by atoms with Crippen molar-refractivity contribution >= 4 is 17.6 Å². The molecule has 0 bridgehead atoms. The van der Waals surface area contributed by atoms with Gasteiger partial charge < -0.3 is 4.57 Å². The SMILES string of the molecule is CCC=CCCB(c1ccccc1)c1ccccc1.Cc1cc(F)ccc1-n1ccnc1. The van der Waals surface area contributed by atoms with Crippen molar-refractivity contribution in [2.45, 2.75) is 33.0 Å². The van der Waals surface area contributed by atoms with Crippen molar-refractivity contribution in [1.29, 1.82) is 0 Å². The van der Waals surface area contributed by atoms with E-state index in [1.54, 1.807) is 18.6 Å². The van der Waals surface area contributed by atoms with Crippen molar-refractivity contribution < 1.29 is 4.39 Å². The second-order valence-corrected chi connectivity index (χ2v) is 7.73. The number of aromatic nitrogens is 2. The predicted octanol–water partition coefficient (Wildman–Crippen LogP) is 5.97. The molecular formula is C28H30BFN2. The fourth-order valence-corrected chi connectivity index (χ4v) is 3.75. The van der Waals surface area contributed by atoms with Crippen molar-refractivity contribution in [1.82, 2.24) is 9.55 Å². The van der Waals surface area contributed by atoms with Gasteiger partial charge in [0.25, 0.3) is 0 Å². The van der Waals surface area contributed by atoms with Crippen molar-refractivity contribution in [2.75, 3.05) is 0 Å². The zero-order chi connectivity index (χ0) is 22.6. The first-order chi connectivity index (χ1) is 15.7. The van der Waals surface area contributed by atoms with Gasteiger partial charge in [-0.05, 0) is 43.5 Å². The molecule has 4 rings (SSSR count). The van der Waals surface area contributed by atoms with Crippen molar-refractivity contribution in [2.24, 2.45) is 0 Å². The summed E-state index contributed by atoms with van der Waals surface area (Å²) in [7, 11) is 0. The van der Waals surface area contributed by atoms with E-state index in [1.807, 2.05) is 17.7 Å². The second kappa shape index (κ2) is 12.5. The van der Waals surface area contributed by atoms with E-state index < -0.39 is 0 Å². The first-order valence-electron chi connectivity index (χ1n) is 11.2. The molecule has 0 unspecified atom stereocenters. The Labute approximate surface area is 191 Å². The minimum Gasteiger partial charge on any atom is -0.306 e. The van der Waals surface area contributed by atoms with Crippen LogP contribution in [0.2, 0.25) is 6.32 Å². The number of rotatable bonds is 7. The van der Waals surface area contributed by atoms with Crippen LogP contribution in [0.5, 0.6) is 0 Å². The number of halogens is 1. The highest BCUT2D eigenvalue weighted by Gasteiger charge is 2.17. The van der Waals surface area contributed by atoms with Crippen LogP contribution >= 0.6 is 0 Å². The van der Waals surface area contributed by atoms with Crippen LogP contribution in [0.25, 0.3) is 5.69 Å². The molecule has 0 saturated carbocycles. The molecule has 0 aliphatic rings. The molecule has 0 fully saturated rings. The minimum atomic E-state index is -0.207. The van der Waals surface area contributed by atoms with Crippen LogP contribution in [-0.4, -0.2) is 16.3 Å². The molecule has 1 aromatic heterocycles. The fourth-order valence-electron chi connectivity index (χ4n) is 3.75. The third kappa shape index (κ3) is 6.81. The summed E-state index contributed by atoms with van der Waals surface area (Å²) in [5.41, 5.74) is 4.69. The van der Waals surface area contributed by atoms with Gasteiger partial charge in [0.05, 0.1) is 6.33 Å². The maximum absolute atomic E-state index is 12.8. The summed E-state index contributed by atoms with van der Waals surface area (Å²) >= 11 is 0. The number of aryl methyl sites for hydroxylation is 1. The van der Waals surface area contributed by atoms with Crippen LogP contribution in [0.15, 0.2) is 110 Å². The van der Waals surface area contributed by atoms with E-state index in [4.69, 9.17) is 0 Å². The van der Waals surface area contributed by atoms with Gasteiger partial charge in [-0.15, -0.1) is 0 Å². The molecule has 4 aromatic rings. The molecule has 0 saturated heterocycles. The topological polar surface area (TPSA) is 17.8 Å². The molecule has 0 amide bonds. The third-order valence-corrected chi connectivity index (χ3v) is 5.37. The summed E-state index contributed by atoms with van der Waals surface area (Å²) in [5, 5.41) is 0. The average molecular weight is 424 g/mol. The average Bonchev–Trinajstić information content (AvgIpc) is 3.35. The number of benzene rings is 3. The summed E-state index contributed by atoms with van der Waals surface area (Å²) in [6.07, 6.45) is 13.2. The van der Waals surface area contributed by atoms with Gasteiger partial charge in [-0.25, -0.2) is 9.37 Å². The highest BCUT2D eigenvalue weighted by Crippen LogP contribution is 2.14. The number of hydrogen-bond acceptors (Lipinski definition) is 1. The number of allylic oxidation sites excluding steroid dienone is 2. The lowest BCUT2D eigenvalue weighted by atomic mass is 9.38. The van der Waals surface area contributed by atoms with Crippen molar-refractivity contribution in [3.05, 3.63) is 121 Å². The van der Waals surface area contributed by atoms with E-state index in [0.29, 0.717) is 6.71 Å². The van der Waals surface area contributed by atoms with E-state index >= 15 is 0 Å². The maximum atomic E-state index is 12.8. The number of nitrogens with zero attached hydrogens (tertiary/aromatic N) is 2. The zero-order valence-electron chi connectivity index (χ0n) is 18.9. The Kier molecular flexibility index (Phi) is 9.06. The third-order valence-electron chi connectivity index (χ3n) is 5.37. The van der Waals surface area contributed by atoms with Crippen molar-refractivity contribution in [3.8, 4) is 5.69 Å². The Morgan fingerprint density at radius 3 is 2.09 bits per heavy atom. The second-order valence-electron chi connectivity index (χ2n) is 7.73. The first kappa shape index (κ1) is 23.3. The monoisotopic (exact) mass is 424 g/mol. The predicted molar refractivity (Wildman–Crippen MR) is 135 cm³/mol. The lowest BCUT2D eigenvalue weighted by Crippen LogP contribution is -2.41. The standard InChI is InChI=1S/C18H21B.C10H9FN2/c1-2-3-4-11-16-19(17-12-7-5-8-13-17)18-14-9-6-10-15-18;1-8-6-9(11)2-3-10(8)13-5-4-12-7-13/h3-10,12-15H,2,11,16H2,1H3;2-7H,1H3. The Morgan fingerprint density at radius 2 is 1.56 bits per heavy atom. The van der Waals surface area contributed by atoms with Gasteiger partial charge in [0.2, 0.25) is 6.71 Å². The van der Waals surface area contributed by atoms with Gasteiger partial charge in [0.1, 0.15) is 5.82 Å². The van der Waals surface area contributed by atoms with E-state index in [2.05, 4.69) is 84.7 Å². The van der Waals surface area contributed by atoms with Crippen LogP contribution in [0.1, 0.15) is 25.3 Å². The molecule has 32 heavy (non-hydrogen) atoms. The maximum Gasteiger partial charge on any atom is 0.209 e. The molecule has 0 aliphatic heterocycles. The molecule has 2 nitrogen and oxygen atoms in total. The molecule has 0 radical (unpaired) electrons. The molecule has 0 aliphatic carbocycles. The minimum absolute atomic E-state index is 0.207. The van der Waals surface area contributed by atoms with Gasteiger partial charge in [-0.2, -0.15) is 0 Å². The molecule has 0 atom stereocenters. The van der Waals surface area contributed by atoms with Crippen LogP contribution in [0, 0.1) is 12.7 Å². The Balaban J connectivity index is 0.000000193. The van der Waals surface area contributed by atoms with Gasteiger partial charge in [0.15, 0.2) is 0 Å². The quantitative estimate of drug-likeness (QED) is 0.264. The lowest BCUT2D eigenvalue weighted by Gasteiger charge is -2.13. The van der Waals surface area contributed by atoms with E-state index in [0.717, 1.165) is 24.1 Å². The Bertz CT molecular complexity index is 1040. The number of hydrogen-bond donors (Lipinski definition) is 0. The van der Waals surface area contributed by atoms with Crippen LogP contribution in [0.4, 0.5) is 4.39 Å². The van der Waals surface area contributed by atoms with E-state index in [1.165, 1.54) is 29.4 Å². The summed E-state index contributed by atoms with van der Waals surface area (Å²) in [6.45, 7) is 4.56. The summed E-state index contributed by atoms with van der Waals surface area (Å²) in [5.74, 6) is -0.207. The molecular weight excluding hydrogens is 394 g/mol. The summed E-state index contributed by atoms with van der Waals surface area (Å²) < 4.78 is 14.6. The molecule has 162 valence electrons. The lowest BCUT2D eigenvalue weighted by molar-refractivity contribution is 0.626. The van der Waals surface area contributed by atoms with Gasteiger partial charge >= 0.3 is 0 Å². The van der Waals surface area contributed by atoms with Crippen molar-refractivity contribution in [3.63, 3.8) is 0 Å². The Hall–Kier alpha value is -3.40. The summed E-state index contributed by atoms with van der Waals surface area (Å²) in [4.78, 5) is 3.93. The highest BCUT2D eigenvalue weighted by molar-refractivity contribution is 6.85. The van der Waals surface area contributed by atoms with Gasteiger partial charge in [-0.3, -0.25) is 0 Å². The molecule has 0 N–H and O–H groups in total. The van der Waals surface area contributed by atoms with Crippen LogP contribution in [0.3, 0.4) is 0 Å². The van der Waals surface area contributed by atoms with Gasteiger partial charge in [-0.1, -0.05) is 97.0 Å². The number of imidazole rings is 1. The smallest absolute Gasteiger partial charge is 0.209 e. The van der Waals surface area contributed by atoms with Crippen LogP contribution < -0.4 is 10.9 Å². The largest absolute Gasteiger partial charge is 0.306 e. The fraction of sp³-hybridized carbons (Fsp3) is 0.179. The first-order valence-corrected chi connectivity index (χ1v) is 11.2. The zero-order valence-corrected chi connectivity index (χ0v) is 18.9. The Morgan fingerprint density at radius 1 is 0.906 bits per heavy atom.